The average molecular weight is 422 g/mol. The maximum Gasteiger partial charge on any atom is 0.361 e. The van der Waals surface area contributed by atoms with Crippen LogP contribution < -0.4 is 0 Å². The number of aromatic amines is 1. The number of benzene rings is 1. The van der Waals surface area contributed by atoms with Crippen LogP contribution in [-0.4, -0.2) is 28.0 Å². The quantitative estimate of drug-likeness (QED) is 0.611. The predicted octanol–water partition coefficient (Wildman–Crippen LogP) is 3.02. The Labute approximate surface area is 126 Å². The molecule has 0 spiro atoms. The molecule has 0 aliphatic rings. The van der Waals surface area contributed by atoms with Crippen LogP contribution in [0, 0.1) is 3.57 Å². The molecule has 0 atom stereocenters. The van der Waals surface area contributed by atoms with Crippen LogP contribution in [0.4, 0.5) is 0 Å². The van der Waals surface area contributed by atoms with Gasteiger partial charge in [0.1, 0.15) is 5.69 Å². The number of hydrogen-bond acceptors (Lipinski definition) is 4. The highest BCUT2D eigenvalue weighted by molar-refractivity contribution is 14.1. The molecule has 94 valence electrons. The van der Waals surface area contributed by atoms with Gasteiger partial charge in [0.05, 0.1) is 6.61 Å². The maximum atomic E-state index is 11.7. The molecule has 0 bridgehead atoms. The molecule has 0 fully saturated rings. The summed E-state index contributed by atoms with van der Waals surface area (Å²) in [5.41, 5.74) is 1.48. The summed E-state index contributed by atoms with van der Waals surface area (Å²) in [6.45, 7) is 2.05. The molecular formula is C11H9BrIN3O2. The van der Waals surface area contributed by atoms with Gasteiger partial charge in [0, 0.05) is 13.6 Å². The van der Waals surface area contributed by atoms with E-state index >= 15 is 0 Å². The first kappa shape index (κ1) is 13.5. The molecule has 1 heterocycles. The predicted molar refractivity (Wildman–Crippen MR) is 78.2 cm³/mol. The normalized spacial score (nSPS) is 10.4. The third kappa shape index (κ3) is 2.56. The van der Waals surface area contributed by atoms with Crippen LogP contribution in [0.3, 0.4) is 0 Å². The monoisotopic (exact) mass is 421 g/mol. The van der Waals surface area contributed by atoms with Crippen LogP contribution in [0.5, 0.6) is 0 Å². The van der Waals surface area contributed by atoms with Crippen molar-refractivity contribution in [1.29, 1.82) is 0 Å². The van der Waals surface area contributed by atoms with Crippen molar-refractivity contribution in [3.8, 4) is 11.3 Å². The highest BCUT2D eigenvalue weighted by atomic mass is 127. The lowest BCUT2D eigenvalue weighted by Gasteiger charge is -2.04. The Balaban J connectivity index is 2.49. The van der Waals surface area contributed by atoms with Gasteiger partial charge in [-0.2, -0.15) is 10.3 Å². The molecule has 0 saturated heterocycles. The summed E-state index contributed by atoms with van der Waals surface area (Å²) in [5, 5.41) is 10.3. The molecule has 0 amide bonds. The first-order chi connectivity index (χ1) is 8.65. The second kappa shape index (κ2) is 5.79. The summed E-state index contributed by atoms with van der Waals surface area (Å²) in [6, 6.07) is 5.72. The summed E-state index contributed by atoms with van der Waals surface area (Å²) in [5.74, 6) is -0.480. The van der Waals surface area contributed by atoms with Gasteiger partial charge in [-0.15, -0.1) is 5.10 Å². The number of esters is 1. The van der Waals surface area contributed by atoms with Crippen molar-refractivity contribution in [3.63, 3.8) is 0 Å². The van der Waals surface area contributed by atoms with Crippen molar-refractivity contribution in [2.24, 2.45) is 0 Å². The fourth-order valence-corrected chi connectivity index (χ4v) is 2.40. The Kier molecular flexibility index (Phi) is 4.33. The van der Waals surface area contributed by atoms with Crippen LogP contribution >= 0.6 is 38.5 Å². The van der Waals surface area contributed by atoms with E-state index in [4.69, 9.17) is 4.74 Å². The van der Waals surface area contributed by atoms with Gasteiger partial charge >= 0.3 is 5.97 Å². The van der Waals surface area contributed by atoms with E-state index in [0.29, 0.717) is 12.3 Å². The third-order valence-corrected chi connectivity index (χ3v) is 4.72. The highest BCUT2D eigenvalue weighted by Gasteiger charge is 2.21. The molecule has 1 N–H and O–H groups in total. The van der Waals surface area contributed by atoms with Gasteiger partial charge in [0.2, 0.25) is 0 Å². The Morgan fingerprint density at radius 1 is 1.50 bits per heavy atom. The number of hydrogen-bond donors (Lipinski definition) is 1. The largest absolute Gasteiger partial charge is 0.461 e. The number of carbonyl (C=O) groups excluding carboxylic acids is 1. The topological polar surface area (TPSA) is 67.9 Å². The Morgan fingerprint density at radius 2 is 2.28 bits per heavy atom. The van der Waals surface area contributed by atoms with Gasteiger partial charge < -0.3 is 4.74 Å². The molecule has 0 saturated carbocycles. The van der Waals surface area contributed by atoms with E-state index < -0.39 is 5.97 Å². The molecule has 18 heavy (non-hydrogen) atoms. The summed E-state index contributed by atoms with van der Waals surface area (Å²) in [6.07, 6.45) is 0. The van der Waals surface area contributed by atoms with Crippen molar-refractivity contribution >= 4 is 44.5 Å². The van der Waals surface area contributed by atoms with Crippen molar-refractivity contribution in [3.05, 3.63) is 31.9 Å². The van der Waals surface area contributed by atoms with Gasteiger partial charge in [-0.1, -0.05) is 12.1 Å². The lowest BCUT2D eigenvalue weighted by atomic mass is 10.1. The van der Waals surface area contributed by atoms with Crippen LogP contribution in [0.25, 0.3) is 11.3 Å². The summed E-state index contributed by atoms with van der Waals surface area (Å²) in [4.78, 5) is 11.7. The first-order valence-corrected chi connectivity index (χ1v) is 7.04. The molecule has 0 aliphatic heterocycles. The summed E-state index contributed by atoms with van der Waals surface area (Å²) < 4.78 is 6.85. The van der Waals surface area contributed by atoms with Gasteiger partial charge in [0.15, 0.2) is 5.69 Å². The number of aromatic nitrogens is 3. The molecule has 2 aromatic rings. The van der Waals surface area contributed by atoms with E-state index in [1.54, 1.807) is 6.92 Å². The van der Waals surface area contributed by atoms with Crippen molar-refractivity contribution < 1.29 is 9.53 Å². The lowest BCUT2D eigenvalue weighted by molar-refractivity contribution is 0.0520. The lowest BCUT2D eigenvalue weighted by Crippen LogP contribution is -2.07. The fourth-order valence-electron chi connectivity index (χ4n) is 1.45. The van der Waals surface area contributed by atoms with E-state index in [1.165, 1.54) is 0 Å². The Morgan fingerprint density at radius 3 is 3.00 bits per heavy atom. The van der Waals surface area contributed by atoms with Crippen molar-refractivity contribution in [2.45, 2.75) is 6.92 Å². The molecular weight excluding hydrogens is 413 g/mol. The number of ether oxygens (including phenoxy) is 1. The van der Waals surface area contributed by atoms with Crippen LogP contribution in [0.1, 0.15) is 17.4 Å². The molecule has 1 aromatic heterocycles. The first-order valence-electron chi connectivity index (χ1n) is 5.17. The molecule has 0 radical (unpaired) electrons. The molecule has 5 nitrogen and oxygen atoms in total. The third-order valence-electron chi connectivity index (χ3n) is 2.22. The second-order valence-electron chi connectivity index (χ2n) is 3.34. The standard InChI is InChI=1S/C11H9BrIN3O2/c1-2-18-11(17)10-9(14-16-15-10)6-4-3-5-7(13)8(6)12/h3-5H,2H2,1H3,(H,14,15,16). The highest BCUT2D eigenvalue weighted by Crippen LogP contribution is 2.32. The van der Waals surface area contributed by atoms with E-state index in [-0.39, 0.29) is 5.69 Å². The van der Waals surface area contributed by atoms with E-state index in [9.17, 15) is 4.79 Å². The molecule has 1 aromatic carbocycles. The number of nitrogens with one attached hydrogen (secondary N) is 1. The zero-order chi connectivity index (χ0) is 13.1. The molecule has 2 rings (SSSR count). The van der Waals surface area contributed by atoms with Crippen molar-refractivity contribution in [1.82, 2.24) is 15.4 Å². The van der Waals surface area contributed by atoms with Crippen LogP contribution in [-0.2, 0) is 4.74 Å². The molecule has 7 heteroatoms. The van der Waals surface area contributed by atoms with Crippen LogP contribution in [0.15, 0.2) is 22.7 Å². The van der Waals surface area contributed by atoms with Crippen molar-refractivity contribution in [2.75, 3.05) is 6.61 Å². The number of rotatable bonds is 3. The van der Waals surface area contributed by atoms with E-state index in [0.717, 1.165) is 13.6 Å². The minimum Gasteiger partial charge on any atom is -0.461 e. The van der Waals surface area contributed by atoms with Gasteiger partial charge in [-0.05, 0) is 51.5 Å². The zero-order valence-electron chi connectivity index (χ0n) is 9.41. The van der Waals surface area contributed by atoms with Gasteiger partial charge in [0.25, 0.3) is 0 Å². The Hall–Kier alpha value is -0.960. The second-order valence-corrected chi connectivity index (χ2v) is 5.30. The number of H-pyrrole nitrogens is 1. The summed E-state index contributed by atoms with van der Waals surface area (Å²) in [7, 11) is 0. The van der Waals surface area contributed by atoms with Gasteiger partial charge in [-0.3, -0.25) is 0 Å². The summed E-state index contributed by atoms with van der Waals surface area (Å²) >= 11 is 5.68. The average Bonchev–Trinajstić information content (AvgIpc) is 2.82. The fraction of sp³-hybridized carbons (Fsp3) is 0.182. The number of halogens is 2. The van der Waals surface area contributed by atoms with E-state index in [1.807, 2.05) is 18.2 Å². The SMILES string of the molecule is CCOC(=O)c1n[nH]nc1-c1cccc(I)c1Br. The minimum absolute atomic E-state index is 0.194. The number of carbonyl (C=O) groups is 1. The smallest absolute Gasteiger partial charge is 0.361 e. The molecule has 0 aliphatic carbocycles. The number of nitrogens with zero attached hydrogens (tertiary/aromatic N) is 2. The maximum absolute atomic E-state index is 11.7. The zero-order valence-corrected chi connectivity index (χ0v) is 13.1. The Bertz CT molecular complexity index is 585. The van der Waals surface area contributed by atoms with E-state index in [2.05, 4.69) is 53.9 Å². The van der Waals surface area contributed by atoms with Gasteiger partial charge in [-0.25, -0.2) is 4.79 Å². The van der Waals surface area contributed by atoms with Crippen LogP contribution in [0.2, 0.25) is 0 Å². The molecule has 0 unspecified atom stereocenters. The minimum atomic E-state index is -0.480.